The Kier molecular flexibility index (Phi) is 5.90. The Labute approximate surface area is 154 Å². The number of hydrogen-bond donors (Lipinski definition) is 0. The molecule has 140 valence electrons. The second-order valence-corrected chi connectivity index (χ2v) is 8.37. The molecule has 0 bridgehead atoms. The monoisotopic (exact) mass is 378 g/mol. The van der Waals surface area contributed by atoms with Gasteiger partial charge in [-0.3, -0.25) is 4.90 Å². The molecule has 0 radical (unpaired) electrons. The Morgan fingerprint density at radius 2 is 1.50 bits per heavy atom. The maximum Gasteiger partial charge on any atom is 0.218 e. The van der Waals surface area contributed by atoms with Crippen LogP contribution in [0.2, 0.25) is 0 Å². The van der Waals surface area contributed by atoms with Crippen LogP contribution in [0.3, 0.4) is 0 Å². The summed E-state index contributed by atoms with van der Waals surface area (Å²) in [5, 5.41) is 0. The van der Waals surface area contributed by atoms with E-state index in [0.717, 1.165) is 12.3 Å². The second kappa shape index (κ2) is 8.16. The van der Waals surface area contributed by atoms with E-state index in [1.807, 2.05) is 24.3 Å². The lowest BCUT2D eigenvalue weighted by Crippen LogP contribution is -2.48. The highest BCUT2D eigenvalue weighted by Crippen LogP contribution is 2.17. The number of sulfonamides is 1. The van der Waals surface area contributed by atoms with Gasteiger partial charge in [-0.05, 0) is 35.4 Å². The average molecular weight is 378 g/mol. The first kappa shape index (κ1) is 18.8. The summed E-state index contributed by atoms with van der Waals surface area (Å²) < 4.78 is 44.8. The van der Waals surface area contributed by atoms with E-state index in [2.05, 4.69) is 4.90 Å². The molecule has 0 aliphatic carbocycles. The molecule has 0 atom stereocenters. The molecule has 0 aromatic heterocycles. The Morgan fingerprint density at radius 3 is 2.08 bits per heavy atom. The lowest BCUT2D eigenvalue weighted by molar-refractivity contribution is 0.181. The average Bonchev–Trinajstić information content (AvgIpc) is 2.64. The summed E-state index contributed by atoms with van der Waals surface area (Å²) in [7, 11) is -1.75. The molecule has 0 spiro atoms. The first-order valence-corrected chi connectivity index (χ1v) is 10.1. The molecule has 3 rings (SSSR count). The normalized spacial score (nSPS) is 16.5. The first-order chi connectivity index (χ1) is 12.5. The minimum Gasteiger partial charge on any atom is -0.497 e. The van der Waals surface area contributed by atoms with Gasteiger partial charge in [-0.25, -0.2) is 12.8 Å². The fourth-order valence-corrected chi connectivity index (χ4v) is 4.55. The topological polar surface area (TPSA) is 49.9 Å². The first-order valence-electron chi connectivity index (χ1n) is 8.54. The minimum absolute atomic E-state index is 0.0915. The van der Waals surface area contributed by atoms with Crippen LogP contribution >= 0.6 is 0 Å². The fraction of sp³-hybridized carbons (Fsp3) is 0.368. The van der Waals surface area contributed by atoms with Crippen molar-refractivity contribution in [2.75, 3.05) is 33.3 Å². The zero-order chi connectivity index (χ0) is 18.6. The van der Waals surface area contributed by atoms with Gasteiger partial charge in [-0.15, -0.1) is 0 Å². The van der Waals surface area contributed by atoms with E-state index in [9.17, 15) is 12.8 Å². The molecule has 1 aliphatic heterocycles. The van der Waals surface area contributed by atoms with Gasteiger partial charge in [-0.1, -0.05) is 24.3 Å². The summed E-state index contributed by atoms with van der Waals surface area (Å²) in [5.41, 5.74) is 1.78. The van der Waals surface area contributed by atoms with Gasteiger partial charge in [0, 0.05) is 32.7 Å². The Morgan fingerprint density at radius 1 is 0.923 bits per heavy atom. The van der Waals surface area contributed by atoms with Gasteiger partial charge in [0.25, 0.3) is 0 Å². The van der Waals surface area contributed by atoms with E-state index >= 15 is 0 Å². The highest BCUT2D eigenvalue weighted by Gasteiger charge is 2.27. The maximum atomic E-state index is 13.0. The van der Waals surface area contributed by atoms with Crippen molar-refractivity contribution in [3.63, 3.8) is 0 Å². The molecule has 2 aromatic rings. The number of nitrogens with zero attached hydrogens (tertiary/aromatic N) is 2. The summed E-state index contributed by atoms with van der Waals surface area (Å²) in [4.78, 5) is 2.24. The third-order valence-electron chi connectivity index (χ3n) is 4.55. The Bertz CT molecular complexity index is 815. The number of halogens is 1. The van der Waals surface area contributed by atoms with Crippen molar-refractivity contribution in [1.82, 2.24) is 9.21 Å². The van der Waals surface area contributed by atoms with E-state index in [4.69, 9.17) is 4.74 Å². The predicted molar refractivity (Wildman–Crippen MR) is 98.9 cm³/mol. The van der Waals surface area contributed by atoms with Crippen LogP contribution < -0.4 is 4.74 Å². The minimum atomic E-state index is -3.39. The van der Waals surface area contributed by atoms with E-state index in [-0.39, 0.29) is 11.6 Å². The van der Waals surface area contributed by atoms with Gasteiger partial charge in [0.15, 0.2) is 0 Å². The van der Waals surface area contributed by atoms with Crippen LogP contribution in [0, 0.1) is 5.82 Å². The van der Waals surface area contributed by atoms with E-state index < -0.39 is 10.0 Å². The molecule has 1 heterocycles. The van der Waals surface area contributed by atoms with Gasteiger partial charge in [0.2, 0.25) is 10.0 Å². The number of rotatable bonds is 6. The SMILES string of the molecule is COc1ccc(CN2CCN(S(=O)(=O)Cc3ccc(F)cc3)CC2)cc1. The number of ether oxygens (including phenoxy) is 1. The van der Waals surface area contributed by atoms with E-state index in [1.165, 1.54) is 34.1 Å². The lowest BCUT2D eigenvalue weighted by Gasteiger charge is -2.34. The molecule has 0 unspecified atom stereocenters. The molecule has 1 fully saturated rings. The van der Waals surface area contributed by atoms with Crippen LogP contribution in [0.25, 0.3) is 0 Å². The van der Waals surface area contributed by atoms with Crippen LogP contribution in [0.1, 0.15) is 11.1 Å². The van der Waals surface area contributed by atoms with Crippen LogP contribution in [0.5, 0.6) is 5.75 Å². The van der Waals surface area contributed by atoms with Gasteiger partial charge in [-0.2, -0.15) is 4.31 Å². The molecule has 0 amide bonds. The van der Waals surface area contributed by atoms with Crippen LogP contribution in [0.4, 0.5) is 4.39 Å². The molecule has 1 saturated heterocycles. The molecule has 7 heteroatoms. The summed E-state index contributed by atoms with van der Waals surface area (Å²) in [5.74, 6) is 0.370. The second-order valence-electron chi connectivity index (χ2n) is 6.41. The quantitative estimate of drug-likeness (QED) is 0.775. The van der Waals surface area contributed by atoms with Crippen LogP contribution in [-0.4, -0.2) is 50.9 Å². The largest absolute Gasteiger partial charge is 0.497 e. The van der Waals surface area contributed by atoms with Gasteiger partial charge in [0.1, 0.15) is 11.6 Å². The molecular weight excluding hydrogens is 355 g/mol. The maximum absolute atomic E-state index is 13.0. The smallest absolute Gasteiger partial charge is 0.218 e. The van der Waals surface area contributed by atoms with Crippen LogP contribution in [-0.2, 0) is 22.3 Å². The molecular formula is C19H23FN2O3S. The number of methoxy groups -OCH3 is 1. The highest BCUT2D eigenvalue weighted by atomic mass is 32.2. The molecule has 0 saturated carbocycles. The summed E-state index contributed by atoms with van der Waals surface area (Å²) in [6.07, 6.45) is 0. The van der Waals surface area contributed by atoms with Crippen molar-refractivity contribution in [3.05, 3.63) is 65.5 Å². The number of hydrogen-bond acceptors (Lipinski definition) is 4. The Hall–Kier alpha value is -1.96. The lowest BCUT2D eigenvalue weighted by atomic mass is 10.2. The van der Waals surface area contributed by atoms with Crippen molar-refractivity contribution < 1.29 is 17.5 Å². The van der Waals surface area contributed by atoms with Gasteiger partial charge < -0.3 is 4.74 Å². The van der Waals surface area contributed by atoms with E-state index in [0.29, 0.717) is 31.7 Å². The van der Waals surface area contributed by atoms with E-state index in [1.54, 1.807) is 7.11 Å². The highest BCUT2D eigenvalue weighted by molar-refractivity contribution is 7.88. The molecule has 26 heavy (non-hydrogen) atoms. The Balaban J connectivity index is 1.54. The van der Waals surface area contributed by atoms with Crippen molar-refractivity contribution >= 4 is 10.0 Å². The zero-order valence-corrected chi connectivity index (χ0v) is 15.6. The predicted octanol–water partition coefficient (Wildman–Crippen LogP) is 2.48. The van der Waals surface area contributed by atoms with Crippen molar-refractivity contribution in [3.8, 4) is 5.75 Å². The summed E-state index contributed by atoms with van der Waals surface area (Å²) in [6, 6.07) is 13.5. The van der Waals surface area contributed by atoms with Crippen LogP contribution in [0.15, 0.2) is 48.5 Å². The summed E-state index contributed by atoms with van der Waals surface area (Å²) in [6.45, 7) is 3.11. The molecule has 2 aromatic carbocycles. The van der Waals surface area contributed by atoms with Gasteiger partial charge >= 0.3 is 0 Å². The molecule has 0 N–H and O–H groups in total. The summed E-state index contributed by atoms with van der Waals surface area (Å²) >= 11 is 0. The molecule has 1 aliphatic rings. The zero-order valence-electron chi connectivity index (χ0n) is 14.8. The van der Waals surface area contributed by atoms with Gasteiger partial charge in [0.05, 0.1) is 12.9 Å². The van der Waals surface area contributed by atoms with Crippen molar-refractivity contribution in [2.24, 2.45) is 0 Å². The number of benzene rings is 2. The van der Waals surface area contributed by atoms with Crippen molar-refractivity contribution in [1.29, 1.82) is 0 Å². The number of piperazine rings is 1. The third kappa shape index (κ3) is 4.81. The standard InChI is InChI=1S/C19H23FN2O3S/c1-25-19-8-4-16(5-9-19)14-21-10-12-22(13-11-21)26(23,24)15-17-2-6-18(20)7-3-17/h2-9H,10-15H2,1H3. The molecule has 5 nitrogen and oxygen atoms in total. The fourth-order valence-electron chi connectivity index (χ4n) is 3.04. The van der Waals surface area contributed by atoms with Crippen molar-refractivity contribution in [2.45, 2.75) is 12.3 Å². The third-order valence-corrected chi connectivity index (χ3v) is 6.40.